The molecule has 0 saturated carbocycles. The van der Waals surface area contributed by atoms with Crippen LogP contribution in [0, 0.1) is 31.5 Å². The topological polar surface area (TPSA) is 95.9 Å². The van der Waals surface area contributed by atoms with Crippen LogP contribution in [0.15, 0.2) is 47.4 Å². The lowest BCUT2D eigenvalue weighted by molar-refractivity contribution is -0.133. The number of ether oxygens (including phenoxy) is 1. The van der Waals surface area contributed by atoms with Gasteiger partial charge < -0.3 is 19.5 Å². The molecule has 10 heteroatoms. The van der Waals surface area contributed by atoms with Gasteiger partial charge in [0, 0.05) is 67.4 Å². The highest BCUT2D eigenvalue weighted by Crippen LogP contribution is 2.35. The van der Waals surface area contributed by atoms with Gasteiger partial charge >= 0.3 is 0 Å². The molecule has 1 aromatic heterocycles. The van der Waals surface area contributed by atoms with Gasteiger partial charge in [0.25, 0.3) is 5.56 Å². The second kappa shape index (κ2) is 15.2. The summed E-state index contributed by atoms with van der Waals surface area (Å²) in [5.41, 5.74) is 5.74. The van der Waals surface area contributed by atoms with Crippen molar-refractivity contribution in [3.63, 3.8) is 0 Å². The highest BCUT2D eigenvalue weighted by Gasteiger charge is 2.27. The van der Waals surface area contributed by atoms with Crippen LogP contribution >= 0.6 is 0 Å². The van der Waals surface area contributed by atoms with Crippen LogP contribution in [0.1, 0.15) is 68.1 Å². The number of carbonyl (C=O) groups is 2. The monoisotopic (exact) mass is 671 g/mol. The second-order valence-electron chi connectivity index (χ2n) is 14.3. The normalized spacial score (nSPS) is 19.6. The van der Waals surface area contributed by atoms with Gasteiger partial charge in [-0.05, 0) is 118 Å². The number of nitrogens with one attached hydrogen (secondary N) is 2. The van der Waals surface area contributed by atoms with Gasteiger partial charge in [-0.3, -0.25) is 24.6 Å². The summed E-state index contributed by atoms with van der Waals surface area (Å²) in [6.45, 7) is 8.27. The molecule has 3 aromatic rings. The Morgan fingerprint density at radius 2 is 1.55 bits per heavy atom. The number of amides is 2. The number of aryl methyl sites for hydroxylation is 1. The molecule has 2 amide bonds. The Hall–Kier alpha value is -4.18. The third kappa shape index (κ3) is 8.01. The van der Waals surface area contributed by atoms with Crippen LogP contribution < -0.4 is 25.8 Å². The van der Waals surface area contributed by atoms with E-state index in [9.17, 15) is 14.4 Å². The minimum Gasteiger partial charge on any atom is -0.496 e. The van der Waals surface area contributed by atoms with Crippen molar-refractivity contribution in [1.29, 1.82) is 0 Å². The molecule has 3 aliphatic rings. The summed E-state index contributed by atoms with van der Waals surface area (Å²) in [4.78, 5) is 40.6. The lowest BCUT2D eigenvalue weighted by Gasteiger charge is -2.36. The standard InChI is InChI=1S/C39H50FN5O4/c1-25-26(2)39(48)43(3)23-32(25)29-21-34(40)33(36(22-29)49-4)24-44-17-13-27(14-18-44)5-6-28-15-19-45(20-16-28)31-9-7-30(8-10-31)41-35-11-12-37(46)42-38(35)47/h7-10,21-23,27-28,35,41H,5-6,11-20,24H2,1-4H3,(H,42,46,47). The quantitative estimate of drug-likeness (QED) is 0.258. The molecular formula is C39H50FN5O4. The molecule has 262 valence electrons. The summed E-state index contributed by atoms with van der Waals surface area (Å²) >= 11 is 0. The van der Waals surface area contributed by atoms with Crippen LogP contribution in [0.2, 0.25) is 0 Å². The largest absolute Gasteiger partial charge is 0.496 e. The zero-order valence-electron chi connectivity index (χ0n) is 29.3. The van der Waals surface area contributed by atoms with Gasteiger partial charge in [-0.15, -0.1) is 0 Å². The van der Waals surface area contributed by atoms with E-state index >= 15 is 4.39 Å². The average molecular weight is 672 g/mol. The van der Waals surface area contributed by atoms with Crippen molar-refractivity contribution in [3.8, 4) is 16.9 Å². The smallest absolute Gasteiger partial charge is 0.253 e. The van der Waals surface area contributed by atoms with E-state index in [0.717, 1.165) is 67.3 Å². The van der Waals surface area contributed by atoms with E-state index in [4.69, 9.17) is 4.74 Å². The fourth-order valence-corrected chi connectivity index (χ4v) is 7.78. The van der Waals surface area contributed by atoms with Crippen molar-refractivity contribution in [2.75, 3.05) is 43.5 Å². The number of benzene rings is 2. The van der Waals surface area contributed by atoms with E-state index < -0.39 is 0 Å². The molecule has 6 rings (SSSR count). The molecule has 0 bridgehead atoms. The van der Waals surface area contributed by atoms with Crippen LogP contribution in [0.25, 0.3) is 11.1 Å². The van der Waals surface area contributed by atoms with Crippen LogP contribution in [0.5, 0.6) is 5.75 Å². The number of likely N-dealkylation sites (tertiary alicyclic amines) is 1. The third-order valence-electron chi connectivity index (χ3n) is 11.1. The Morgan fingerprint density at radius 1 is 0.898 bits per heavy atom. The Bertz CT molecular complexity index is 1720. The zero-order chi connectivity index (χ0) is 34.7. The Morgan fingerprint density at radius 3 is 2.18 bits per heavy atom. The molecular weight excluding hydrogens is 621 g/mol. The molecule has 3 fully saturated rings. The Balaban J connectivity index is 0.944. The highest BCUT2D eigenvalue weighted by molar-refractivity contribution is 6.01. The van der Waals surface area contributed by atoms with Crippen molar-refractivity contribution in [2.24, 2.45) is 18.9 Å². The third-order valence-corrected chi connectivity index (χ3v) is 11.1. The number of rotatable bonds is 10. The van der Waals surface area contributed by atoms with Gasteiger partial charge in [-0.2, -0.15) is 0 Å². The Kier molecular flexibility index (Phi) is 10.7. The maximum absolute atomic E-state index is 15.6. The number of anilines is 2. The molecule has 9 nitrogen and oxygen atoms in total. The number of halogens is 1. The molecule has 2 aromatic carbocycles. The number of methoxy groups -OCH3 is 1. The van der Waals surface area contributed by atoms with Crippen molar-refractivity contribution in [1.82, 2.24) is 14.8 Å². The fourth-order valence-electron chi connectivity index (χ4n) is 7.78. The van der Waals surface area contributed by atoms with E-state index in [0.29, 0.717) is 42.2 Å². The number of nitrogens with zero attached hydrogens (tertiary/aromatic N) is 3. The van der Waals surface area contributed by atoms with Crippen LogP contribution in [-0.4, -0.2) is 60.6 Å². The summed E-state index contributed by atoms with van der Waals surface area (Å²) in [6, 6.07) is 11.4. The molecule has 0 aliphatic carbocycles. The molecule has 1 unspecified atom stereocenters. The summed E-state index contributed by atoms with van der Waals surface area (Å²) in [7, 11) is 3.32. The first-order chi connectivity index (χ1) is 23.6. The minimum absolute atomic E-state index is 0.0404. The lowest BCUT2D eigenvalue weighted by atomic mass is 9.85. The van der Waals surface area contributed by atoms with Crippen LogP contribution in [-0.2, 0) is 23.2 Å². The fraction of sp³-hybridized carbons (Fsp3) is 0.513. The molecule has 3 aliphatic heterocycles. The van der Waals surface area contributed by atoms with Gasteiger partial charge in [-0.1, -0.05) is 12.8 Å². The number of pyridine rings is 1. The maximum atomic E-state index is 15.6. The molecule has 0 spiro atoms. The SMILES string of the molecule is COc1cc(-c2cn(C)c(=O)c(C)c2C)cc(F)c1CN1CCC(CCC2CCN(c3ccc(NC4CCC(=O)NC4=O)cc3)CC2)CC1. The minimum atomic E-state index is -0.370. The number of imide groups is 1. The van der Waals surface area contributed by atoms with E-state index in [1.165, 1.54) is 31.4 Å². The predicted molar refractivity (Wildman–Crippen MR) is 192 cm³/mol. The molecule has 4 heterocycles. The van der Waals surface area contributed by atoms with Crippen molar-refractivity contribution in [2.45, 2.75) is 77.8 Å². The zero-order valence-corrected chi connectivity index (χ0v) is 29.3. The lowest BCUT2D eigenvalue weighted by Crippen LogP contribution is -2.47. The molecule has 0 radical (unpaired) electrons. The summed E-state index contributed by atoms with van der Waals surface area (Å²) < 4.78 is 22.9. The maximum Gasteiger partial charge on any atom is 0.253 e. The van der Waals surface area contributed by atoms with Crippen molar-refractivity contribution >= 4 is 23.2 Å². The molecule has 49 heavy (non-hydrogen) atoms. The van der Waals surface area contributed by atoms with Gasteiger partial charge in [-0.25, -0.2) is 4.39 Å². The first kappa shape index (κ1) is 34.7. The number of hydrogen-bond donors (Lipinski definition) is 2. The number of piperidine rings is 3. The van der Waals surface area contributed by atoms with E-state index in [-0.39, 0.29) is 29.2 Å². The predicted octanol–water partition coefficient (Wildman–Crippen LogP) is 5.94. The Labute approximate surface area is 288 Å². The van der Waals surface area contributed by atoms with E-state index in [1.54, 1.807) is 31.0 Å². The highest BCUT2D eigenvalue weighted by atomic mass is 19.1. The van der Waals surface area contributed by atoms with Gasteiger partial charge in [0.2, 0.25) is 11.8 Å². The number of hydrogen-bond acceptors (Lipinski definition) is 7. The van der Waals surface area contributed by atoms with Gasteiger partial charge in [0.15, 0.2) is 0 Å². The summed E-state index contributed by atoms with van der Waals surface area (Å²) in [5, 5.41) is 5.66. The molecule has 1 atom stereocenters. The molecule has 2 N–H and O–H groups in total. The molecule has 3 saturated heterocycles. The van der Waals surface area contributed by atoms with Crippen molar-refractivity contribution in [3.05, 3.63) is 75.5 Å². The second-order valence-corrected chi connectivity index (χ2v) is 14.3. The number of carbonyl (C=O) groups excluding carboxylic acids is 2. The van der Waals surface area contributed by atoms with Gasteiger partial charge in [0.05, 0.1) is 7.11 Å². The average Bonchev–Trinajstić information content (AvgIpc) is 3.11. The summed E-state index contributed by atoms with van der Waals surface area (Å²) in [6.07, 6.45) is 9.84. The first-order valence-corrected chi connectivity index (χ1v) is 17.8. The van der Waals surface area contributed by atoms with E-state index in [1.807, 2.05) is 32.0 Å². The number of aromatic nitrogens is 1. The van der Waals surface area contributed by atoms with Crippen LogP contribution in [0.3, 0.4) is 0 Å². The van der Waals surface area contributed by atoms with E-state index in [2.05, 4.69) is 32.6 Å². The van der Waals surface area contributed by atoms with Gasteiger partial charge in [0.1, 0.15) is 17.6 Å². The summed E-state index contributed by atoms with van der Waals surface area (Å²) in [5.74, 6) is 1.29. The first-order valence-electron chi connectivity index (χ1n) is 17.8. The van der Waals surface area contributed by atoms with Crippen LogP contribution in [0.4, 0.5) is 15.8 Å². The van der Waals surface area contributed by atoms with Crippen molar-refractivity contribution < 1.29 is 18.7 Å².